The molecule has 0 aromatic carbocycles. The van der Waals surface area contributed by atoms with E-state index < -0.39 is 32.5 Å². The lowest BCUT2D eigenvalue weighted by atomic mass is 10.1. The highest BCUT2D eigenvalue weighted by atomic mass is 31.2. The first-order valence-corrected chi connectivity index (χ1v) is 19.9. The normalized spacial score (nSPS) is 14.0. The molecule has 0 aromatic rings. The summed E-state index contributed by atoms with van der Waals surface area (Å²) in [5.74, 6) is -0.858. The molecule has 0 amide bonds. The SMILES string of the molecule is CCCCCCCCCC/C=C/CCCCCC(=O)OC[C@@H](COP(=O)([O-])OCC[N+](C)(C)C)OC(=O)CCCCCCCCC. The zero-order valence-electron chi connectivity index (χ0n) is 30.3. The first-order chi connectivity index (χ1) is 22.0. The molecule has 0 aliphatic carbocycles. The Morgan fingerprint density at radius 3 is 1.63 bits per heavy atom. The molecule has 272 valence electrons. The smallest absolute Gasteiger partial charge is 0.306 e. The summed E-state index contributed by atoms with van der Waals surface area (Å²) in [4.78, 5) is 37.1. The van der Waals surface area contributed by atoms with E-state index in [2.05, 4.69) is 26.0 Å². The number of phosphoric acid groups is 1. The Morgan fingerprint density at radius 1 is 0.652 bits per heavy atom. The van der Waals surface area contributed by atoms with Gasteiger partial charge in [0.05, 0.1) is 27.7 Å². The molecule has 0 bridgehead atoms. The van der Waals surface area contributed by atoms with Gasteiger partial charge < -0.3 is 27.9 Å². The van der Waals surface area contributed by atoms with E-state index in [-0.39, 0.29) is 26.1 Å². The van der Waals surface area contributed by atoms with Crippen LogP contribution in [-0.4, -0.2) is 70.0 Å². The molecule has 0 aliphatic heterocycles. The van der Waals surface area contributed by atoms with Crippen LogP contribution in [0.2, 0.25) is 0 Å². The fourth-order valence-corrected chi connectivity index (χ4v) is 5.55. The number of likely N-dealkylation sites (N-methyl/N-ethyl adjacent to an activating group) is 1. The second-order valence-corrected chi connectivity index (χ2v) is 15.0. The molecule has 1 unspecified atom stereocenters. The molecule has 0 aliphatic rings. The lowest BCUT2D eigenvalue weighted by Gasteiger charge is -2.28. The predicted octanol–water partition coefficient (Wildman–Crippen LogP) is 8.83. The van der Waals surface area contributed by atoms with Crippen molar-refractivity contribution in [1.82, 2.24) is 0 Å². The molecule has 9 nitrogen and oxygen atoms in total. The quantitative estimate of drug-likeness (QED) is 0.0223. The Morgan fingerprint density at radius 2 is 1.11 bits per heavy atom. The zero-order chi connectivity index (χ0) is 34.4. The highest BCUT2D eigenvalue weighted by molar-refractivity contribution is 7.45. The second kappa shape index (κ2) is 29.9. The molecular formula is C36H70NO8P. The van der Waals surface area contributed by atoms with Gasteiger partial charge in [0.1, 0.15) is 19.8 Å². The largest absolute Gasteiger partial charge is 0.756 e. The van der Waals surface area contributed by atoms with Gasteiger partial charge in [0.2, 0.25) is 0 Å². The molecule has 10 heteroatoms. The number of hydrogen-bond donors (Lipinski definition) is 0. The van der Waals surface area contributed by atoms with E-state index in [1.807, 2.05) is 21.1 Å². The average molecular weight is 676 g/mol. The van der Waals surface area contributed by atoms with Crippen LogP contribution < -0.4 is 4.89 Å². The van der Waals surface area contributed by atoms with Crippen LogP contribution in [0.5, 0.6) is 0 Å². The number of allylic oxidation sites excluding steroid dienone is 2. The first kappa shape index (κ1) is 44.8. The van der Waals surface area contributed by atoms with E-state index in [0.29, 0.717) is 23.9 Å². The lowest BCUT2D eigenvalue weighted by molar-refractivity contribution is -0.870. The number of unbranched alkanes of at least 4 members (excludes halogenated alkanes) is 17. The number of ether oxygens (including phenoxy) is 2. The van der Waals surface area contributed by atoms with Crippen LogP contribution in [0.25, 0.3) is 0 Å². The summed E-state index contributed by atoms with van der Waals surface area (Å²) >= 11 is 0. The second-order valence-electron chi connectivity index (χ2n) is 13.6. The zero-order valence-corrected chi connectivity index (χ0v) is 31.2. The molecule has 0 saturated carbocycles. The molecule has 0 fully saturated rings. The van der Waals surface area contributed by atoms with Crippen LogP contribution in [-0.2, 0) is 32.7 Å². The highest BCUT2D eigenvalue weighted by Crippen LogP contribution is 2.38. The summed E-state index contributed by atoms with van der Waals surface area (Å²) in [6.45, 7) is 4.14. The van der Waals surface area contributed by atoms with E-state index >= 15 is 0 Å². The molecule has 0 N–H and O–H groups in total. The van der Waals surface area contributed by atoms with Gasteiger partial charge in [0.15, 0.2) is 6.10 Å². The van der Waals surface area contributed by atoms with Crippen LogP contribution in [0.3, 0.4) is 0 Å². The van der Waals surface area contributed by atoms with Crippen LogP contribution >= 0.6 is 7.82 Å². The van der Waals surface area contributed by atoms with Gasteiger partial charge >= 0.3 is 11.9 Å². The third-order valence-electron chi connectivity index (χ3n) is 7.79. The van der Waals surface area contributed by atoms with Crippen LogP contribution in [0.15, 0.2) is 12.2 Å². The van der Waals surface area contributed by atoms with Crippen molar-refractivity contribution in [3.63, 3.8) is 0 Å². The van der Waals surface area contributed by atoms with Crippen molar-refractivity contribution in [2.75, 3.05) is 47.5 Å². The molecule has 0 heterocycles. The number of phosphoric ester groups is 1. The summed E-state index contributed by atoms with van der Waals surface area (Å²) in [5.41, 5.74) is 0. The van der Waals surface area contributed by atoms with Crippen molar-refractivity contribution in [3.8, 4) is 0 Å². The fourth-order valence-electron chi connectivity index (χ4n) is 4.82. The Bertz CT molecular complexity index is 814. The van der Waals surface area contributed by atoms with E-state index in [1.165, 1.54) is 70.6 Å². The van der Waals surface area contributed by atoms with Crippen LogP contribution in [0.4, 0.5) is 0 Å². The number of quaternary nitrogens is 1. The van der Waals surface area contributed by atoms with Crippen molar-refractivity contribution < 1.29 is 42.1 Å². The summed E-state index contributed by atoms with van der Waals surface area (Å²) in [7, 11) is 1.16. The van der Waals surface area contributed by atoms with Gasteiger partial charge in [0, 0.05) is 12.8 Å². The standard InChI is InChI=1S/C36H70NO8P/c1-6-8-10-12-14-15-16-17-18-19-20-21-23-24-26-28-35(38)42-32-34(33-44-46(40,41)43-31-30-37(3,4)5)45-36(39)29-27-25-22-13-11-9-7-2/h19-20,34H,6-18,21-33H2,1-5H3/b20-19+/t34-/m0/s1. The maximum Gasteiger partial charge on any atom is 0.306 e. The van der Waals surface area contributed by atoms with Gasteiger partial charge in [-0.3, -0.25) is 14.2 Å². The fraction of sp³-hybridized carbons (Fsp3) is 0.889. The molecule has 0 saturated heterocycles. The van der Waals surface area contributed by atoms with Gasteiger partial charge in [-0.05, 0) is 38.5 Å². The Hall–Kier alpha value is -1.25. The van der Waals surface area contributed by atoms with E-state index in [0.717, 1.165) is 44.9 Å². The minimum atomic E-state index is -4.61. The van der Waals surface area contributed by atoms with Gasteiger partial charge in [-0.2, -0.15) is 0 Å². The summed E-state index contributed by atoms with van der Waals surface area (Å²) in [6.07, 6.45) is 26.9. The molecule has 46 heavy (non-hydrogen) atoms. The maximum atomic E-state index is 12.5. The predicted molar refractivity (Wildman–Crippen MR) is 185 cm³/mol. The van der Waals surface area contributed by atoms with Crippen molar-refractivity contribution in [2.45, 2.75) is 161 Å². The molecule has 0 spiro atoms. The van der Waals surface area contributed by atoms with E-state index in [4.69, 9.17) is 18.5 Å². The molecule has 0 aromatic heterocycles. The van der Waals surface area contributed by atoms with Gasteiger partial charge in [-0.15, -0.1) is 0 Å². The topological polar surface area (TPSA) is 111 Å². The first-order valence-electron chi connectivity index (χ1n) is 18.4. The Kier molecular flexibility index (Phi) is 29.0. The summed E-state index contributed by atoms with van der Waals surface area (Å²) < 4.78 is 33.6. The minimum absolute atomic E-state index is 0.0307. The van der Waals surface area contributed by atoms with Gasteiger partial charge in [-0.25, -0.2) is 0 Å². The van der Waals surface area contributed by atoms with Crippen molar-refractivity contribution >= 4 is 19.8 Å². The third-order valence-corrected chi connectivity index (χ3v) is 8.75. The van der Waals surface area contributed by atoms with E-state index in [9.17, 15) is 19.0 Å². The molecule has 0 rings (SSSR count). The van der Waals surface area contributed by atoms with Crippen LogP contribution in [0.1, 0.15) is 155 Å². The van der Waals surface area contributed by atoms with Crippen molar-refractivity contribution in [3.05, 3.63) is 12.2 Å². The highest BCUT2D eigenvalue weighted by Gasteiger charge is 2.21. The maximum absolute atomic E-state index is 12.5. The van der Waals surface area contributed by atoms with Gasteiger partial charge in [0.25, 0.3) is 7.82 Å². The Balaban J connectivity index is 4.38. The third kappa shape index (κ3) is 32.7. The number of rotatable bonds is 33. The molecular weight excluding hydrogens is 605 g/mol. The molecule has 0 radical (unpaired) electrons. The average Bonchev–Trinajstić information content (AvgIpc) is 2.99. The van der Waals surface area contributed by atoms with Gasteiger partial charge in [-0.1, -0.05) is 116 Å². The van der Waals surface area contributed by atoms with Crippen LogP contribution in [0, 0.1) is 0 Å². The Labute approximate surface area is 282 Å². The number of carbonyl (C=O) groups is 2. The number of hydrogen-bond acceptors (Lipinski definition) is 8. The minimum Gasteiger partial charge on any atom is -0.756 e. The lowest BCUT2D eigenvalue weighted by Crippen LogP contribution is -2.37. The summed E-state index contributed by atoms with van der Waals surface area (Å²) in [5, 5.41) is 0. The van der Waals surface area contributed by atoms with E-state index in [1.54, 1.807) is 0 Å². The number of nitrogens with zero attached hydrogens (tertiary/aromatic N) is 1. The molecule has 2 atom stereocenters. The van der Waals surface area contributed by atoms with Crippen molar-refractivity contribution in [1.29, 1.82) is 0 Å². The number of carbonyl (C=O) groups excluding carboxylic acids is 2. The van der Waals surface area contributed by atoms with Crippen molar-refractivity contribution in [2.24, 2.45) is 0 Å². The monoisotopic (exact) mass is 675 g/mol. The summed E-state index contributed by atoms with van der Waals surface area (Å²) in [6, 6.07) is 0. The number of esters is 2.